The molecule has 0 spiro atoms. The fraction of sp³-hybridized carbons (Fsp3) is 0.300. The molecule has 0 atom stereocenters. The van der Waals surface area contributed by atoms with Gasteiger partial charge in [-0.05, 0) is 35.2 Å². The average molecular weight is 385 g/mol. The fourth-order valence-electron chi connectivity index (χ4n) is 2.50. The number of carbonyl (C=O) groups excluding carboxylic acids is 2. The SMILES string of the molecule is COc1ccc(C(=O)NCC(=O)Nc2ccc(C(C)(C)C)cc2)cc1[N+](=O)[O-]. The molecule has 0 heterocycles. The van der Waals surface area contributed by atoms with E-state index in [-0.39, 0.29) is 29.0 Å². The van der Waals surface area contributed by atoms with Crippen LogP contribution in [0.15, 0.2) is 42.5 Å². The zero-order chi connectivity index (χ0) is 20.9. The smallest absolute Gasteiger partial charge is 0.311 e. The van der Waals surface area contributed by atoms with Crippen LogP contribution in [0.5, 0.6) is 5.75 Å². The molecule has 0 bridgehead atoms. The lowest BCUT2D eigenvalue weighted by atomic mass is 9.87. The molecule has 8 nitrogen and oxygen atoms in total. The summed E-state index contributed by atoms with van der Waals surface area (Å²) in [7, 11) is 1.31. The lowest BCUT2D eigenvalue weighted by Crippen LogP contribution is -2.32. The van der Waals surface area contributed by atoms with Gasteiger partial charge in [0.05, 0.1) is 18.6 Å². The number of carbonyl (C=O) groups is 2. The molecule has 0 aliphatic carbocycles. The molecule has 0 aromatic heterocycles. The molecule has 2 aromatic carbocycles. The molecular formula is C20H23N3O5. The zero-order valence-electron chi connectivity index (χ0n) is 16.2. The lowest BCUT2D eigenvalue weighted by Gasteiger charge is -2.19. The maximum atomic E-state index is 12.2. The summed E-state index contributed by atoms with van der Waals surface area (Å²) in [5.41, 5.74) is 1.51. The molecule has 0 aliphatic rings. The number of ether oxygens (including phenoxy) is 1. The van der Waals surface area contributed by atoms with Crippen molar-refractivity contribution in [3.05, 3.63) is 63.7 Å². The Morgan fingerprint density at radius 1 is 1.11 bits per heavy atom. The molecule has 0 radical (unpaired) electrons. The number of anilines is 1. The van der Waals surface area contributed by atoms with Crippen LogP contribution in [0.2, 0.25) is 0 Å². The second kappa shape index (κ2) is 8.51. The molecule has 0 saturated carbocycles. The van der Waals surface area contributed by atoms with E-state index in [0.717, 1.165) is 11.6 Å². The Labute approximate surface area is 163 Å². The third-order valence-electron chi connectivity index (χ3n) is 4.08. The number of nitro benzene ring substituents is 1. The van der Waals surface area contributed by atoms with Crippen LogP contribution >= 0.6 is 0 Å². The van der Waals surface area contributed by atoms with Crippen molar-refractivity contribution in [2.75, 3.05) is 19.0 Å². The number of methoxy groups -OCH3 is 1. The molecule has 0 saturated heterocycles. The molecular weight excluding hydrogens is 362 g/mol. The standard InChI is InChI=1S/C20H23N3O5/c1-20(2,3)14-6-8-15(9-7-14)22-18(24)12-21-19(25)13-5-10-17(28-4)16(11-13)23(26)27/h5-11H,12H2,1-4H3,(H,21,25)(H,22,24). The van der Waals surface area contributed by atoms with Gasteiger partial charge in [-0.1, -0.05) is 32.9 Å². The van der Waals surface area contributed by atoms with Crippen molar-refractivity contribution in [1.29, 1.82) is 0 Å². The Balaban J connectivity index is 1.96. The first kappa shape index (κ1) is 20.9. The Bertz CT molecular complexity index is 886. The van der Waals surface area contributed by atoms with Gasteiger partial charge in [0.2, 0.25) is 5.91 Å². The Kier molecular flexibility index (Phi) is 6.35. The number of hydrogen-bond acceptors (Lipinski definition) is 5. The number of nitro groups is 1. The third kappa shape index (κ3) is 5.29. The van der Waals surface area contributed by atoms with E-state index in [4.69, 9.17) is 4.74 Å². The molecule has 28 heavy (non-hydrogen) atoms. The van der Waals surface area contributed by atoms with Crippen molar-refractivity contribution >= 4 is 23.2 Å². The molecule has 148 valence electrons. The fourth-order valence-corrected chi connectivity index (χ4v) is 2.50. The van der Waals surface area contributed by atoms with Crippen LogP contribution in [-0.4, -0.2) is 30.4 Å². The van der Waals surface area contributed by atoms with Crippen LogP contribution in [0, 0.1) is 10.1 Å². The van der Waals surface area contributed by atoms with Crippen molar-refractivity contribution in [3.8, 4) is 5.75 Å². The predicted octanol–water partition coefficient (Wildman–Crippen LogP) is 3.27. The Hall–Kier alpha value is -3.42. The molecule has 2 amide bonds. The first-order valence-corrected chi connectivity index (χ1v) is 8.63. The highest BCUT2D eigenvalue weighted by atomic mass is 16.6. The number of benzene rings is 2. The molecule has 8 heteroatoms. The predicted molar refractivity (Wildman–Crippen MR) is 106 cm³/mol. The van der Waals surface area contributed by atoms with E-state index in [0.29, 0.717) is 5.69 Å². The number of amides is 2. The molecule has 0 unspecified atom stereocenters. The zero-order valence-corrected chi connectivity index (χ0v) is 16.2. The van der Waals surface area contributed by atoms with Gasteiger partial charge in [0.25, 0.3) is 5.91 Å². The molecule has 2 aromatic rings. The largest absolute Gasteiger partial charge is 0.490 e. The quantitative estimate of drug-likeness (QED) is 0.586. The van der Waals surface area contributed by atoms with Crippen LogP contribution < -0.4 is 15.4 Å². The van der Waals surface area contributed by atoms with E-state index in [1.807, 2.05) is 12.1 Å². The summed E-state index contributed by atoms with van der Waals surface area (Å²) in [6.07, 6.45) is 0. The van der Waals surface area contributed by atoms with Crippen LogP contribution in [0.1, 0.15) is 36.7 Å². The van der Waals surface area contributed by atoms with E-state index in [1.54, 1.807) is 12.1 Å². The van der Waals surface area contributed by atoms with Crippen LogP contribution in [0.3, 0.4) is 0 Å². The van der Waals surface area contributed by atoms with Crippen molar-refractivity contribution in [1.82, 2.24) is 5.32 Å². The van der Waals surface area contributed by atoms with Crippen LogP contribution in [-0.2, 0) is 10.2 Å². The monoisotopic (exact) mass is 385 g/mol. The normalized spacial score (nSPS) is 10.9. The van der Waals surface area contributed by atoms with Gasteiger partial charge in [-0.15, -0.1) is 0 Å². The van der Waals surface area contributed by atoms with E-state index in [9.17, 15) is 19.7 Å². The van der Waals surface area contributed by atoms with Crippen LogP contribution in [0.4, 0.5) is 11.4 Å². The van der Waals surface area contributed by atoms with Gasteiger partial charge in [0.1, 0.15) is 0 Å². The van der Waals surface area contributed by atoms with Crippen molar-refractivity contribution in [2.24, 2.45) is 0 Å². The summed E-state index contributed by atoms with van der Waals surface area (Å²) >= 11 is 0. The summed E-state index contributed by atoms with van der Waals surface area (Å²) in [5, 5.41) is 16.2. The summed E-state index contributed by atoms with van der Waals surface area (Å²) in [6, 6.07) is 11.3. The Morgan fingerprint density at radius 2 is 1.75 bits per heavy atom. The summed E-state index contributed by atoms with van der Waals surface area (Å²) in [5.74, 6) is -0.943. The number of nitrogens with one attached hydrogen (secondary N) is 2. The molecule has 2 rings (SSSR count). The van der Waals surface area contributed by atoms with E-state index in [2.05, 4.69) is 31.4 Å². The highest BCUT2D eigenvalue weighted by molar-refractivity contribution is 5.99. The average Bonchev–Trinajstić information content (AvgIpc) is 2.65. The van der Waals surface area contributed by atoms with Crippen LogP contribution in [0.25, 0.3) is 0 Å². The molecule has 0 fully saturated rings. The first-order valence-electron chi connectivity index (χ1n) is 8.63. The van der Waals surface area contributed by atoms with Gasteiger partial charge >= 0.3 is 5.69 Å². The minimum atomic E-state index is -0.635. The second-order valence-electron chi connectivity index (χ2n) is 7.20. The van der Waals surface area contributed by atoms with E-state index >= 15 is 0 Å². The lowest BCUT2D eigenvalue weighted by molar-refractivity contribution is -0.385. The maximum absolute atomic E-state index is 12.2. The topological polar surface area (TPSA) is 111 Å². The number of nitrogens with zero attached hydrogens (tertiary/aromatic N) is 1. The van der Waals surface area contributed by atoms with E-state index < -0.39 is 16.7 Å². The number of rotatable bonds is 6. The van der Waals surface area contributed by atoms with Gasteiger partial charge < -0.3 is 15.4 Å². The summed E-state index contributed by atoms with van der Waals surface area (Å²) in [6.45, 7) is 6.03. The highest BCUT2D eigenvalue weighted by Gasteiger charge is 2.18. The summed E-state index contributed by atoms with van der Waals surface area (Å²) < 4.78 is 4.90. The van der Waals surface area contributed by atoms with Crippen molar-refractivity contribution in [2.45, 2.75) is 26.2 Å². The molecule has 2 N–H and O–H groups in total. The minimum Gasteiger partial charge on any atom is -0.490 e. The second-order valence-corrected chi connectivity index (χ2v) is 7.20. The van der Waals surface area contributed by atoms with Crippen molar-refractivity contribution < 1.29 is 19.2 Å². The summed E-state index contributed by atoms with van der Waals surface area (Å²) in [4.78, 5) is 34.6. The molecule has 0 aliphatic heterocycles. The Morgan fingerprint density at radius 3 is 2.29 bits per heavy atom. The number of hydrogen-bond donors (Lipinski definition) is 2. The van der Waals surface area contributed by atoms with Gasteiger partial charge in [-0.25, -0.2) is 0 Å². The van der Waals surface area contributed by atoms with Gasteiger partial charge in [0.15, 0.2) is 5.75 Å². The minimum absolute atomic E-state index is 0.0114. The first-order chi connectivity index (χ1) is 13.1. The van der Waals surface area contributed by atoms with Gasteiger partial charge in [-0.2, -0.15) is 0 Å². The highest BCUT2D eigenvalue weighted by Crippen LogP contribution is 2.27. The third-order valence-corrected chi connectivity index (χ3v) is 4.08. The van der Waals surface area contributed by atoms with Gasteiger partial charge in [0, 0.05) is 17.3 Å². The van der Waals surface area contributed by atoms with Gasteiger partial charge in [-0.3, -0.25) is 19.7 Å². The van der Waals surface area contributed by atoms with E-state index in [1.165, 1.54) is 19.2 Å². The van der Waals surface area contributed by atoms with Crippen molar-refractivity contribution in [3.63, 3.8) is 0 Å². The maximum Gasteiger partial charge on any atom is 0.311 e.